The maximum atomic E-state index is 6.22. The number of hydrogen-bond acceptors (Lipinski definition) is 2. The van der Waals surface area contributed by atoms with E-state index in [9.17, 15) is 0 Å². The van der Waals surface area contributed by atoms with Crippen molar-refractivity contribution in [3.63, 3.8) is 0 Å². The minimum Gasteiger partial charge on any atom is -0.405 e. The second-order valence-corrected chi connectivity index (χ2v) is 6.24. The van der Waals surface area contributed by atoms with Crippen LogP contribution in [0.2, 0.25) is 6.32 Å². The summed E-state index contributed by atoms with van der Waals surface area (Å²) in [5.41, 5.74) is 2.79. The maximum Gasteiger partial charge on any atom is 0.457 e. The predicted octanol–water partition coefficient (Wildman–Crippen LogP) is 4.53. The Kier molecular flexibility index (Phi) is 3.48. The molecule has 0 N–H and O–H groups in total. The van der Waals surface area contributed by atoms with E-state index in [1.165, 1.54) is 34.7 Å². The molecule has 0 saturated carbocycles. The largest absolute Gasteiger partial charge is 0.457 e. The molecule has 1 heterocycles. The zero-order chi connectivity index (χ0) is 14.2. The van der Waals surface area contributed by atoms with E-state index in [-0.39, 0.29) is 19.3 Å². The first-order chi connectivity index (χ1) is 10.3. The molecule has 2 aliphatic rings. The topological polar surface area (TPSA) is 18.5 Å². The van der Waals surface area contributed by atoms with Crippen molar-refractivity contribution in [1.29, 1.82) is 0 Å². The Labute approximate surface area is 126 Å². The van der Waals surface area contributed by atoms with Crippen molar-refractivity contribution in [2.75, 3.05) is 0 Å². The van der Waals surface area contributed by atoms with Gasteiger partial charge in [0.1, 0.15) is 0 Å². The van der Waals surface area contributed by atoms with E-state index in [0.29, 0.717) is 0 Å². The van der Waals surface area contributed by atoms with Crippen molar-refractivity contribution in [1.82, 2.24) is 0 Å². The first kappa shape index (κ1) is 13.4. The van der Waals surface area contributed by atoms with Crippen LogP contribution in [0.1, 0.15) is 43.4 Å². The Bertz CT molecular complexity index is 655. The summed E-state index contributed by atoms with van der Waals surface area (Å²) in [6.45, 7) is 2.21. The Morgan fingerprint density at radius 1 is 1.14 bits per heavy atom. The average Bonchev–Trinajstić information content (AvgIpc) is 2.94. The zero-order valence-electron chi connectivity index (χ0n) is 12.5. The number of hydrogen-bond donors (Lipinski definition) is 0. The van der Waals surface area contributed by atoms with Crippen LogP contribution in [0.25, 0.3) is 10.8 Å². The third kappa shape index (κ3) is 2.39. The normalized spacial score (nSPS) is 24.1. The van der Waals surface area contributed by atoms with Crippen molar-refractivity contribution in [3.05, 3.63) is 47.5 Å². The molecule has 4 rings (SSSR count). The van der Waals surface area contributed by atoms with Gasteiger partial charge in [-0.3, -0.25) is 0 Å². The second-order valence-electron chi connectivity index (χ2n) is 6.24. The molecule has 0 radical (unpaired) electrons. The molecule has 3 heteroatoms. The SMILES string of the molecule is CCCCB1O[C@H]2CCc3cc4ccccc4cc3[C@H]2O1. The number of benzene rings is 2. The molecule has 0 unspecified atom stereocenters. The van der Waals surface area contributed by atoms with Crippen LogP contribution in [0.15, 0.2) is 36.4 Å². The molecule has 0 aromatic heterocycles. The van der Waals surface area contributed by atoms with Crippen molar-refractivity contribution in [2.45, 2.75) is 51.1 Å². The lowest BCUT2D eigenvalue weighted by atomic mass is 9.83. The van der Waals surface area contributed by atoms with Crippen LogP contribution in [0.3, 0.4) is 0 Å². The van der Waals surface area contributed by atoms with Crippen molar-refractivity contribution in [2.24, 2.45) is 0 Å². The molecule has 2 atom stereocenters. The van der Waals surface area contributed by atoms with Crippen molar-refractivity contribution in [3.8, 4) is 0 Å². The van der Waals surface area contributed by atoms with Gasteiger partial charge in [0.2, 0.25) is 0 Å². The number of fused-ring (bicyclic) bond motifs is 4. The van der Waals surface area contributed by atoms with Crippen LogP contribution in [0.5, 0.6) is 0 Å². The third-order valence-electron chi connectivity index (χ3n) is 4.77. The van der Waals surface area contributed by atoms with E-state index in [1.807, 2.05) is 0 Å². The van der Waals surface area contributed by atoms with Crippen molar-refractivity contribution >= 4 is 17.9 Å². The Hall–Kier alpha value is -1.32. The van der Waals surface area contributed by atoms with Gasteiger partial charge in [-0.1, -0.05) is 50.1 Å². The van der Waals surface area contributed by atoms with Gasteiger partial charge >= 0.3 is 7.12 Å². The Morgan fingerprint density at radius 2 is 1.95 bits per heavy atom. The summed E-state index contributed by atoms with van der Waals surface area (Å²) >= 11 is 0. The van der Waals surface area contributed by atoms with Crippen LogP contribution in [0, 0.1) is 0 Å². The quantitative estimate of drug-likeness (QED) is 0.769. The highest BCUT2D eigenvalue weighted by atomic mass is 16.7. The molecule has 2 aromatic carbocycles. The van der Waals surface area contributed by atoms with Crippen LogP contribution in [-0.2, 0) is 15.7 Å². The van der Waals surface area contributed by atoms with Gasteiger partial charge in [0.05, 0.1) is 12.2 Å². The molecule has 108 valence electrons. The number of aryl methyl sites for hydroxylation is 1. The molecule has 21 heavy (non-hydrogen) atoms. The van der Waals surface area contributed by atoms with Crippen LogP contribution < -0.4 is 0 Å². The van der Waals surface area contributed by atoms with E-state index >= 15 is 0 Å². The van der Waals surface area contributed by atoms with Gasteiger partial charge in [0, 0.05) is 0 Å². The first-order valence-corrected chi connectivity index (χ1v) is 8.17. The van der Waals surface area contributed by atoms with E-state index in [2.05, 4.69) is 43.3 Å². The third-order valence-corrected chi connectivity index (χ3v) is 4.77. The highest BCUT2D eigenvalue weighted by molar-refractivity contribution is 6.45. The Morgan fingerprint density at radius 3 is 2.76 bits per heavy atom. The molecule has 0 spiro atoms. The first-order valence-electron chi connectivity index (χ1n) is 8.17. The summed E-state index contributed by atoms with van der Waals surface area (Å²) in [5.74, 6) is 0. The summed E-state index contributed by atoms with van der Waals surface area (Å²) in [7, 11) is -0.00243. The maximum absolute atomic E-state index is 6.22. The highest BCUT2D eigenvalue weighted by Crippen LogP contribution is 2.41. The molecule has 2 nitrogen and oxygen atoms in total. The summed E-state index contributed by atoms with van der Waals surface area (Å²) in [5, 5.41) is 2.63. The van der Waals surface area contributed by atoms with Gasteiger partial charge in [0.25, 0.3) is 0 Å². The molecular weight excluding hydrogens is 259 g/mol. The summed E-state index contributed by atoms with van der Waals surface area (Å²) < 4.78 is 12.3. The van der Waals surface area contributed by atoms with Gasteiger partial charge in [-0.2, -0.15) is 0 Å². The van der Waals surface area contributed by atoms with Gasteiger partial charge in [-0.15, -0.1) is 0 Å². The number of rotatable bonds is 3. The lowest BCUT2D eigenvalue weighted by molar-refractivity contribution is 0.138. The summed E-state index contributed by atoms with van der Waals surface area (Å²) in [4.78, 5) is 0. The number of unbranched alkanes of at least 4 members (excludes halogenated alkanes) is 1. The van der Waals surface area contributed by atoms with Gasteiger partial charge in [0.15, 0.2) is 0 Å². The minimum atomic E-state index is -0.00243. The van der Waals surface area contributed by atoms with Crippen molar-refractivity contribution < 1.29 is 9.31 Å². The smallest absolute Gasteiger partial charge is 0.405 e. The lowest BCUT2D eigenvalue weighted by Crippen LogP contribution is -2.22. The molecular formula is C18H21BO2. The summed E-state index contributed by atoms with van der Waals surface area (Å²) in [6, 6.07) is 13.2. The second kappa shape index (κ2) is 5.47. The van der Waals surface area contributed by atoms with E-state index in [1.54, 1.807) is 0 Å². The monoisotopic (exact) mass is 280 g/mol. The molecule has 0 amide bonds. The fourth-order valence-corrected chi connectivity index (χ4v) is 3.63. The van der Waals surface area contributed by atoms with Crippen LogP contribution in [-0.4, -0.2) is 13.2 Å². The van der Waals surface area contributed by atoms with E-state index < -0.39 is 0 Å². The van der Waals surface area contributed by atoms with Crippen LogP contribution in [0.4, 0.5) is 0 Å². The molecule has 1 aliphatic carbocycles. The predicted molar refractivity (Wildman–Crippen MR) is 86.4 cm³/mol. The van der Waals surface area contributed by atoms with E-state index in [4.69, 9.17) is 9.31 Å². The fourth-order valence-electron chi connectivity index (χ4n) is 3.63. The average molecular weight is 280 g/mol. The molecule has 0 bridgehead atoms. The highest BCUT2D eigenvalue weighted by Gasteiger charge is 2.42. The summed E-state index contributed by atoms with van der Waals surface area (Å²) in [6.07, 6.45) is 5.96. The fraction of sp³-hybridized carbons (Fsp3) is 0.444. The van der Waals surface area contributed by atoms with Gasteiger partial charge in [-0.25, -0.2) is 0 Å². The Balaban J connectivity index is 1.66. The minimum absolute atomic E-state index is 0.00243. The van der Waals surface area contributed by atoms with Gasteiger partial charge < -0.3 is 9.31 Å². The standard InChI is InChI=1S/C18H21BO2/c1-2-3-10-19-20-17-9-8-15-11-13-6-4-5-7-14(13)12-16(15)18(17)21-19/h4-7,11-12,17-18H,2-3,8-10H2,1H3/t17-,18+/m0/s1. The van der Waals surface area contributed by atoms with Gasteiger partial charge in [-0.05, 0) is 47.1 Å². The van der Waals surface area contributed by atoms with E-state index in [0.717, 1.165) is 19.2 Å². The molecule has 1 fully saturated rings. The lowest BCUT2D eigenvalue weighted by Gasteiger charge is -2.27. The molecule has 2 aromatic rings. The molecule has 1 aliphatic heterocycles. The molecule has 1 saturated heterocycles. The van der Waals surface area contributed by atoms with Crippen LogP contribution >= 0.6 is 0 Å². The zero-order valence-corrected chi connectivity index (χ0v) is 12.5.